The van der Waals surface area contributed by atoms with E-state index in [4.69, 9.17) is 9.47 Å². The quantitative estimate of drug-likeness (QED) is 0.666. The zero-order valence-corrected chi connectivity index (χ0v) is 19.0. The first-order valence-electron chi connectivity index (χ1n) is 12.1. The van der Waals surface area contributed by atoms with Crippen molar-refractivity contribution in [2.45, 2.75) is 128 Å². The first kappa shape index (κ1) is 21.1. The van der Waals surface area contributed by atoms with Gasteiger partial charge < -0.3 is 9.47 Å². The predicted molar refractivity (Wildman–Crippen MR) is 115 cm³/mol. The minimum Gasteiger partial charge on any atom is -0.375 e. The van der Waals surface area contributed by atoms with E-state index < -0.39 is 0 Å². The SMILES string of the molecule is CC(C)OC1CC(OC2CC3CCC(C2)N3CC2CCN(C(C)(C)C)CC2)C1. The van der Waals surface area contributed by atoms with Gasteiger partial charge in [-0.2, -0.15) is 0 Å². The Morgan fingerprint density at radius 3 is 1.93 bits per heavy atom. The first-order valence-corrected chi connectivity index (χ1v) is 12.1. The Morgan fingerprint density at radius 1 is 0.821 bits per heavy atom. The molecule has 0 N–H and O–H groups in total. The molecule has 4 nitrogen and oxygen atoms in total. The number of fused-ring (bicyclic) bond motifs is 2. The largest absolute Gasteiger partial charge is 0.375 e. The van der Waals surface area contributed by atoms with E-state index in [1.54, 1.807) is 0 Å². The Hall–Kier alpha value is -0.160. The lowest BCUT2D eigenvalue weighted by atomic mass is 9.89. The van der Waals surface area contributed by atoms with Crippen LogP contribution in [0.25, 0.3) is 0 Å². The van der Waals surface area contributed by atoms with Crippen molar-refractivity contribution in [3.63, 3.8) is 0 Å². The van der Waals surface area contributed by atoms with E-state index in [9.17, 15) is 0 Å². The maximum atomic E-state index is 6.50. The fourth-order valence-electron chi connectivity index (χ4n) is 6.11. The standard InChI is InChI=1S/C24H44N2O2/c1-17(2)27-22-14-23(15-22)28-21-12-19-6-7-20(13-21)26(19)16-18-8-10-25(11-9-18)24(3,4)5/h17-23H,6-16H2,1-5H3. The Morgan fingerprint density at radius 2 is 1.39 bits per heavy atom. The molecule has 28 heavy (non-hydrogen) atoms. The fraction of sp³-hybridized carbons (Fsp3) is 1.00. The van der Waals surface area contributed by atoms with E-state index in [1.165, 1.54) is 58.2 Å². The maximum Gasteiger partial charge on any atom is 0.0628 e. The molecule has 3 heterocycles. The zero-order valence-electron chi connectivity index (χ0n) is 19.0. The Bertz CT molecular complexity index is 489. The number of piperidine rings is 2. The van der Waals surface area contributed by atoms with E-state index >= 15 is 0 Å². The molecule has 0 aromatic heterocycles. The van der Waals surface area contributed by atoms with E-state index in [1.807, 2.05) is 0 Å². The van der Waals surface area contributed by atoms with Crippen molar-refractivity contribution in [1.29, 1.82) is 0 Å². The maximum absolute atomic E-state index is 6.50. The molecule has 4 heteroatoms. The zero-order chi connectivity index (χ0) is 19.9. The van der Waals surface area contributed by atoms with Crippen LogP contribution in [0.5, 0.6) is 0 Å². The molecule has 2 bridgehead atoms. The molecule has 0 radical (unpaired) electrons. The van der Waals surface area contributed by atoms with Gasteiger partial charge in [0.05, 0.1) is 24.4 Å². The van der Waals surface area contributed by atoms with Crippen LogP contribution in [-0.2, 0) is 9.47 Å². The summed E-state index contributed by atoms with van der Waals surface area (Å²) < 4.78 is 12.4. The van der Waals surface area contributed by atoms with Crippen molar-refractivity contribution in [2.75, 3.05) is 19.6 Å². The van der Waals surface area contributed by atoms with Gasteiger partial charge in [-0.05, 0) is 105 Å². The summed E-state index contributed by atoms with van der Waals surface area (Å²) in [7, 11) is 0. The van der Waals surface area contributed by atoms with Crippen LogP contribution in [0.1, 0.15) is 86.0 Å². The molecule has 4 rings (SSSR count). The molecule has 3 saturated heterocycles. The third-order valence-electron chi connectivity index (χ3n) is 7.77. The van der Waals surface area contributed by atoms with E-state index in [-0.39, 0.29) is 0 Å². The number of nitrogens with zero attached hydrogens (tertiary/aromatic N) is 2. The van der Waals surface area contributed by atoms with Crippen molar-refractivity contribution in [2.24, 2.45) is 5.92 Å². The summed E-state index contributed by atoms with van der Waals surface area (Å²) >= 11 is 0. The molecular formula is C24H44N2O2. The summed E-state index contributed by atoms with van der Waals surface area (Å²) in [5.74, 6) is 0.903. The molecule has 2 atom stereocenters. The third-order valence-corrected chi connectivity index (χ3v) is 7.77. The summed E-state index contributed by atoms with van der Waals surface area (Å²) in [5, 5.41) is 0. The number of rotatable bonds is 6. The van der Waals surface area contributed by atoms with Gasteiger partial charge >= 0.3 is 0 Å². The lowest BCUT2D eigenvalue weighted by molar-refractivity contribution is -0.151. The van der Waals surface area contributed by atoms with Crippen LogP contribution in [0.15, 0.2) is 0 Å². The Balaban J connectivity index is 1.20. The second-order valence-corrected chi connectivity index (χ2v) is 11.3. The summed E-state index contributed by atoms with van der Waals surface area (Å²) in [5.41, 5.74) is 0.334. The predicted octanol–water partition coefficient (Wildman–Crippen LogP) is 4.46. The molecule has 4 aliphatic rings. The molecule has 2 unspecified atom stereocenters. The molecule has 1 saturated carbocycles. The van der Waals surface area contributed by atoms with Gasteiger partial charge in [0.1, 0.15) is 0 Å². The molecule has 0 aromatic rings. The van der Waals surface area contributed by atoms with Gasteiger partial charge in [-0.1, -0.05) is 0 Å². The molecule has 0 spiro atoms. The van der Waals surface area contributed by atoms with Crippen molar-refractivity contribution >= 4 is 0 Å². The van der Waals surface area contributed by atoms with Crippen LogP contribution in [0.4, 0.5) is 0 Å². The highest BCUT2D eigenvalue weighted by atomic mass is 16.5. The molecule has 162 valence electrons. The monoisotopic (exact) mass is 392 g/mol. The Kier molecular flexibility index (Phi) is 6.42. The van der Waals surface area contributed by atoms with E-state index in [0.29, 0.717) is 30.0 Å². The minimum absolute atomic E-state index is 0.334. The number of ether oxygens (including phenoxy) is 2. The minimum atomic E-state index is 0.334. The van der Waals surface area contributed by atoms with Gasteiger partial charge in [-0.15, -0.1) is 0 Å². The van der Waals surface area contributed by atoms with E-state index in [2.05, 4.69) is 44.4 Å². The van der Waals surface area contributed by atoms with Crippen LogP contribution in [0.2, 0.25) is 0 Å². The Labute approximate surface area is 173 Å². The average Bonchev–Trinajstić information content (AvgIpc) is 2.82. The lowest BCUT2D eigenvalue weighted by Crippen LogP contribution is -2.51. The van der Waals surface area contributed by atoms with Gasteiger partial charge in [0.15, 0.2) is 0 Å². The second-order valence-electron chi connectivity index (χ2n) is 11.3. The molecule has 3 aliphatic heterocycles. The normalized spacial score (nSPS) is 38.1. The van der Waals surface area contributed by atoms with Gasteiger partial charge in [0, 0.05) is 24.2 Å². The molecule has 4 fully saturated rings. The highest BCUT2D eigenvalue weighted by molar-refractivity contribution is 4.98. The number of hydrogen-bond acceptors (Lipinski definition) is 4. The molecule has 0 aromatic carbocycles. The lowest BCUT2D eigenvalue weighted by Gasteiger charge is -2.46. The average molecular weight is 393 g/mol. The first-order chi connectivity index (χ1) is 13.3. The van der Waals surface area contributed by atoms with Crippen LogP contribution in [-0.4, -0.2) is 71.5 Å². The number of likely N-dealkylation sites (tertiary alicyclic amines) is 1. The van der Waals surface area contributed by atoms with Gasteiger partial charge in [0.2, 0.25) is 0 Å². The van der Waals surface area contributed by atoms with Crippen molar-refractivity contribution < 1.29 is 9.47 Å². The van der Waals surface area contributed by atoms with Crippen LogP contribution in [0, 0.1) is 5.92 Å². The summed E-state index contributed by atoms with van der Waals surface area (Å²) in [4.78, 5) is 5.57. The van der Waals surface area contributed by atoms with Crippen LogP contribution in [0.3, 0.4) is 0 Å². The van der Waals surface area contributed by atoms with Crippen molar-refractivity contribution in [3.05, 3.63) is 0 Å². The molecular weight excluding hydrogens is 348 g/mol. The molecule has 1 aliphatic carbocycles. The summed E-state index contributed by atoms with van der Waals surface area (Å²) in [6.07, 6.45) is 12.1. The van der Waals surface area contributed by atoms with E-state index in [0.717, 1.165) is 30.8 Å². The fourth-order valence-corrected chi connectivity index (χ4v) is 6.11. The summed E-state index contributed by atoms with van der Waals surface area (Å²) in [6, 6.07) is 1.57. The van der Waals surface area contributed by atoms with Crippen LogP contribution < -0.4 is 0 Å². The molecule has 0 amide bonds. The van der Waals surface area contributed by atoms with Crippen molar-refractivity contribution in [1.82, 2.24) is 9.80 Å². The van der Waals surface area contributed by atoms with Gasteiger partial charge in [-0.25, -0.2) is 0 Å². The highest BCUT2D eigenvalue weighted by Gasteiger charge is 2.44. The van der Waals surface area contributed by atoms with Gasteiger partial charge in [0.25, 0.3) is 0 Å². The van der Waals surface area contributed by atoms with Gasteiger partial charge in [-0.3, -0.25) is 9.80 Å². The highest BCUT2D eigenvalue weighted by Crippen LogP contribution is 2.40. The summed E-state index contributed by atoms with van der Waals surface area (Å²) in [6.45, 7) is 15.2. The number of hydrogen-bond donors (Lipinski definition) is 0. The third kappa shape index (κ3) is 4.94. The smallest absolute Gasteiger partial charge is 0.0628 e. The second kappa shape index (κ2) is 8.53. The van der Waals surface area contributed by atoms with Crippen LogP contribution >= 0.6 is 0 Å². The van der Waals surface area contributed by atoms with Crippen molar-refractivity contribution in [3.8, 4) is 0 Å². The topological polar surface area (TPSA) is 24.9 Å².